The van der Waals surface area contributed by atoms with Crippen LogP contribution in [0.3, 0.4) is 0 Å². The van der Waals surface area contributed by atoms with Gasteiger partial charge in [0.2, 0.25) is 0 Å². The highest BCUT2D eigenvalue weighted by Crippen LogP contribution is 2.45. The molecule has 0 spiro atoms. The quantitative estimate of drug-likeness (QED) is 0.786. The second-order valence-electron chi connectivity index (χ2n) is 5.10. The number of rotatable bonds is 3. The smallest absolute Gasteiger partial charge is 0.126 e. The number of aromatic nitrogens is 1. The zero-order valence-electron chi connectivity index (χ0n) is 9.54. The predicted octanol–water partition coefficient (Wildman–Crippen LogP) is 2.38. The Morgan fingerprint density at radius 2 is 2.24 bits per heavy atom. The number of nitrogens with one attached hydrogen (secondary N) is 1. The van der Waals surface area contributed by atoms with Crippen LogP contribution in [0, 0.1) is 17.0 Å². The molecule has 5 heteroatoms. The number of anilines is 2. The van der Waals surface area contributed by atoms with Crippen molar-refractivity contribution in [2.75, 3.05) is 10.5 Å². The minimum Gasteiger partial charge on any atom is -0.733 e. The SMILES string of the molecule is [O-]N(O)c1ccc(NC2CC3CCC2C3)nc1. The average Bonchev–Trinajstić information content (AvgIpc) is 2.91. The second-order valence-corrected chi connectivity index (χ2v) is 5.10. The van der Waals surface area contributed by atoms with Gasteiger partial charge in [0.15, 0.2) is 0 Å². The molecule has 0 aliphatic heterocycles. The van der Waals surface area contributed by atoms with Crippen molar-refractivity contribution >= 4 is 11.5 Å². The van der Waals surface area contributed by atoms with Gasteiger partial charge in [0, 0.05) is 6.04 Å². The van der Waals surface area contributed by atoms with Gasteiger partial charge in [-0.2, -0.15) is 0 Å². The minimum absolute atomic E-state index is 0.156. The monoisotopic (exact) mass is 234 g/mol. The van der Waals surface area contributed by atoms with E-state index < -0.39 is 0 Å². The summed E-state index contributed by atoms with van der Waals surface area (Å²) in [6, 6.07) is 3.84. The summed E-state index contributed by atoms with van der Waals surface area (Å²) < 4.78 is 0. The molecule has 2 bridgehead atoms. The molecule has 2 fully saturated rings. The van der Waals surface area contributed by atoms with Crippen molar-refractivity contribution in [2.45, 2.75) is 31.7 Å². The summed E-state index contributed by atoms with van der Waals surface area (Å²) in [6.07, 6.45) is 6.67. The van der Waals surface area contributed by atoms with Crippen molar-refractivity contribution < 1.29 is 5.21 Å². The van der Waals surface area contributed by atoms with Gasteiger partial charge >= 0.3 is 0 Å². The van der Waals surface area contributed by atoms with E-state index in [0.717, 1.165) is 17.7 Å². The van der Waals surface area contributed by atoms with Gasteiger partial charge in [-0.3, -0.25) is 5.21 Å². The third-order valence-electron chi connectivity index (χ3n) is 4.04. The molecule has 1 aromatic heterocycles. The molecule has 0 radical (unpaired) electrons. The number of hydrogen-bond donors (Lipinski definition) is 2. The van der Waals surface area contributed by atoms with E-state index in [-0.39, 0.29) is 10.9 Å². The minimum atomic E-state index is -0.172. The lowest BCUT2D eigenvalue weighted by Crippen LogP contribution is -2.26. The Labute approximate surface area is 100 Å². The fraction of sp³-hybridized carbons (Fsp3) is 0.583. The molecule has 2 aliphatic rings. The lowest BCUT2D eigenvalue weighted by Gasteiger charge is -2.24. The lowest BCUT2D eigenvalue weighted by molar-refractivity contribution is 0.296. The van der Waals surface area contributed by atoms with E-state index in [1.807, 2.05) is 0 Å². The maximum atomic E-state index is 10.6. The van der Waals surface area contributed by atoms with Crippen LogP contribution in [-0.4, -0.2) is 16.2 Å². The summed E-state index contributed by atoms with van der Waals surface area (Å²) in [4.78, 5) is 4.13. The largest absolute Gasteiger partial charge is 0.733 e. The average molecular weight is 234 g/mol. The molecule has 5 nitrogen and oxygen atoms in total. The maximum Gasteiger partial charge on any atom is 0.126 e. The van der Waals surface area contributed by atoms with E-state index >= 15 is 0 Å². The van der Waals surface area contributed by atoms with Gasteiger partial charge in [0.25, 0.3) is 0 Å². The Kier molecular flexibility index (Phi) is 2.64. The van der Waals surface area contributed by atoms with E-state index in [0.29, 0.717) is 6.04 Å². The summed E-state index contributed by atoms with van der Waals surface area (Å²) >= 11 is 0. The molecule has 92 valence electrons. The first kappa shape index (κ1) is 10.8. The van der Waals surface area contributed by atoms with Crippen LogP contribution in [0.25, 0.3) is 0 Å². The van der Waals surface area contributed by atoms with E-state index in [2.05, 4.69) is 10.3 Å². The van der Waals surface area contributed by atoms with Crippen molar-refractivity contribution in [1.29, 1.82) is 0 Å². The van der Waals surface area contributed by atoms with Crippen molar-refractivity contribution in [1.82, 2.24) is 4.98 Å². The number of nitrogens with zero attached hydrogens (tertiary/aromatic N) is 2. The molecule has 2 N–H and O–H groups in total. The summed E-state index contributed by atoms with van der Waals surface area (Å²) in [5.41, 5.74) is 0.156. The first-order chi connectivity index (χ1) is 8.22. The highest BCUT2D eigenvalue weighted by atomic mass is 16.8. The summed E-state index contributed by atoms with van der Waals surface area (Å²) in [5, 5.41) is 22.6. The Morgan fingerprint density at radius 3 is 2.76 bits per heavy atom. The number of fused-ring (bicyclic) bond motifs is 2. The van der Waals surface area contributed by atoms with Crippen molar-refractivity contribution in [2.24, 2.45) is 11.8 Å². The van der Waals surface area contributed by atoms with Gasteiger partial charge in [-0.25, -0.2) is 4.98 Å². The van der Waals surface area contributed by atoms with Crippen LogP contribution in [0.1, 0.15) is 25.7 Å². The molecule has 3 unspecified atom stereocenters. The molecule has 2 saturated carbocycles. The maximum absolute atomic E-state index is 10.6. The standard InChI is InChI=1S/C12H16N3O2/c16-15(17)10-3-4-12(13-7-10)14-11-6-8-1-2-9(11)5-8/h3-4,7-9,11,16H,1-2,5-6H2,(H,13,14)/q-1. The third kappa shape index (κ3) is 2.08. The Morgan fingerprint density at radius 1 is 1.35 bits per heavy atom. The van der Waals surface area contributed by atoms with Crippen LogP contribution < -0.4 is 10.5 Å². The van der Waals surface area contributed by atoms with Gasteiger partial charge < -0.3 is 15.8 Å². The lowest BCUT2D eigenvalue weighted by atomic mass is 9.95. The third-order valence-corrected chi connectivity index (χ3v) is 4.04. The molecule has 3 atom stereocenters. The van der Waals surface area contributed by atoms with Crippen LogP contribution in [-0.2, 0) is 0 Å². The highest BCUT2D eigenvalue weighted by Gasteiger charge is 2.39. The molecule has 0 amide bonds. The molecule has 17 heavy (non-hydrogen) atoms. The van der Waals surface area contributed by atoms with Gasteiger partial charge in [-0.05, 0) is 43.2 Å². The predicted molar refractivity (Wildman–Crippen MR) is 64.7 cm³/mol. The number of hydrogen-bond acceptors (Lipinski definition) is 5. The topological polar surface area (TPSA) is 71.5 Å². The van der Waals surface area contributed by atoms with E-state index in [1.165, 1.54) is 31.9 Å². The van der Waals surface area contributed by atoms with E-state index in [1.54, 1.807) is 12.1 Å². The highest BCUT2D eigenvalue weighted by molar-refractivity contribution is 5.48. The van der Waals surface area contributed by atoms with Gasteiger partial charge in [0.05, 0.1) is 11.9 Å². The van der Waals surface area contributed by atoms with Crippen LogP contribution in [0.4, 0.5) is 11.5 Å². The zero-order valence-corrected chi connectivity index (χ0v) is 9.54. The summed E-state index contributed by atoms with van der Waals surface area (Å²) in [7, 11) is 0. The fourth-order valence-electron chi connectivity index (χ4n) is 3.20. The molecule has 0 saturated heterocycles. The molecule has 3 rings (SSSR count). The first-order valence-electron chi connectivity index (χ1n) is 6.11. The Balaban J connectivity index is 1.65. The van der Waals surface area contributed by atoms with Crippen LogP contribution in [0.2, 0.25) is 0 Å². The van der Waals surface area contributed by atoms with Crippen LogP contribution in [0.5, 0.6) is 0 Å². The molecule has 2 aliphatic carbocycles. The van der Waals surface area contributed by atoms with Crippen molar-refractivity contribution in [3.63, 3.8) is 0 Å². The Hall–Kier alpha value is -1.33. The number of pyridine rings is 1. The van der Waals surface area contributed by atoms with Crippen LogP contribution in [0.15, 0.2) is 18.3 Å². The van der Waals surface area contributed by atoms with E-state index in [4.69, 9.17) is 5.21 Å². The van der Waals surface area contributed by atoms with E-state index in [9.17, 15) is 5.21 Å². The van der Waals surface area contributed by atoms with Crippen LogP contribution >= 0.6 is 0 Å². The molecular weight excluding hydrogens is 218 g/mol. The molecule has 1 aromatic rings. The molecule has 0 aromatic carbocycles. The second kappa shape index (κ2) is 4.16. The van der Waals surface area contributed by atoms with Gasteiger partial charge in [0.1, 0.15) is 5.82 Å². The van der Waals surface area contributed by atoms with Gasteiger partial charge in [-0.1, -0.05) is 6.42 Å². The normalized spacial score (nSPS) is 30.6. The van der Waals surface area contributed by atoms with Gasteiger partial charge in [-0.15, -0.1) is 0 Å². The Bertz CT molecular complexity index is 393. The molecule has 1 heterocycles. The van der Waals surface area contributed by atoms with Crippen molar-refractivity contribution in [3.05, 3.63) is 23.5 Å². The first-order valence-corrected chi connectivity index (χ1v) is 6.11. The fourth-order valence-corrected chi connectivity index (χ4v) is 3.20. The molecular formula is C12H16N3O2-. The summed E-state index contributed by atoms with van der Waals surface area (Å²) in [6.45, 7) is 0. The summed E-state index contributed by atoms with van der Waals surface area (Å²) in [5.74, 6) is 2.47. The zero-order chi connectivity index (χ0) is 11.8. The van der Waals surface area contributed by atoms with Crippen molar-refractivity contribution in [3.8, 4) is 0 Å².